The zero-order valence-electron chi connectivity index (χ0n) is 12.7. The number of benzene rings is 1. The molecule has 116 valence electrons. The second-order valence-corrected chi connectivity index (χ2v) is 4.33. The Labute approximate surface area is 127 Å². The molecule has 0 radical (unpaired) electrons. The molecule has 0 aliphatic heterocycles. The molecule has 0 fully saturated rings. The van der Waals surface area contributed by atoms with Crippen LogP contribution in [0.15, 0.2) is 24.3 Å². The highest BCUT2D eigenvalue weighted by molar-refractivity contribution is 5.92. The number of carbonyl (C=O) groups is 1. The van der Waals surface area contributed by atoms with Gasteiger partial charge in [0.25, 0.3) is 0 Å². The first-order valence-electron chi connectivity index (χ1n) is 6.41. The van der Waals surface area contributed by atoms with Crippen molar-refractivity contribution in [2.24, 2.45) is 0 Å². The van der Waals surface area contributed by atoms with E-state index in [0.717, 1.165) is 5.56 Å². The van der Waals surface area contributed by atoms with E-state index in [9.17, 15) is 4.79 Å². The van der Waals surface area contributed by atoms with Gasteiger partial charge in [0.15, 0.2) is 0 Å². The lowest BCUT2D eigenvalue weighted by Crippen LogP contribution is -2.05. The number of ether oxygens (including phenoxy) is 4. The molecule has 0 saturated carbocycles. The molecule has 1 aromatic carbocycles. The maximum absolute atomic E-state index is 11.8. The van der Waals surface area contributed by atoms with E-state index in [4.69, 9.17) is 18.9 Å². The van der Waals surface area contributed by atoms with E-state index in [1.807, 2.05) is 6.92 Å². The van der Waals surface area contributed by atoms with E-state index in [-0.39, 0.29) is 23.3 Å². The van der Waals surface area contributed by atoms with Crippen molar-refractivity contribution in [2.45, 2.75) is 6.92 Å². The number of carbonyl (C=O) groups excluding carboxylic acids is 1. The van der Waals surface area contributed by atoms with Gasteiger partial charge in [-0.25, -0.2) is 4.79 Å². The van der Waals surface area contributed by atoms with Gasteiger partial charge < -0.3 is 18.9 Å². The zero-order valence-corrected chi connectivity index (χ0v) is 12.7. The molecule has 1 aromatic heterocycles. The third-order valence-electron chi connectivity index (χ3n) is 2.82. The van der Waals surface area contributed by atoms with Gasteiger partial charge in [0.1, 0.15) is 11.3 Å². The Kier molecular flexibility index (Phi) is 4.77. The first-order chi connectivity index (χ1) is 10.6. The molecule has 0 unspecified atom stereocenters. The second kappa shape index (κ2) is 6.75. The van der Waals surface area contributed by atoms with Crippen LogP contribution in [-0.2, 0) is 4.74 Å². The van der Waals surface area contributed by atoms with E-state index in [1.165, 1.54) is 27.4 Å². The molecular weight excluding hydrogens is 288 g/mol. The van der Waals surface area contributed by atoms with Gasteiger partial charge in [-0.3, -0.25) is 0 Å². The Morgan fingerprint density at radius 2 is 1.64 bits per heavy atom. The molecule has 1 heterocycles. The van der Waals surface area contributed by atoms with Crippen molar-refractivity contribution in [1.29, 1.82) is 0 Å². The van der Waals surface area contributed by atoms with Crippen molar-refractivity contribution in [2.75, 3.05) is 21.3 Å². The van der Waals surface area contributed by atoms with Gasteiger partial charge >= 0.3 is 12.0 Å². The normalized spacial score (nSPS) is 10.0. The minimum Gasteiger partial charge on any atom is -0.481 e. The highest BCUT2D eigenvalue weighted by atomic mass is 16.5. The molecule has 0 N–H and O–H groups in total. The maximum Gasteiger partial charge on any atom is 0.341 e. The molecule has 0 atom stereocenters. The minimum atomic E-state index is -0.509. The molecule has 22 heavy (non-hydrogen) atoms. The van der Waals surface area contributed by atoms with Crippen molar-refractivity contribution >= 4 is 5.97 Å². The minimum absolute atomic E-state index is 0.00644. The first kappa shape index (κ1) is 15.6. The summed E-state index contributed by atoms with van der Waals surface area (Å²) in [6.07, 6.45) is 0. The van der Waals surface area contributed by atoms with Crippen LogP contribution < -0.4 is 14.2 Å². The summed E-state index contributed by atoms with van der Waals surface area (Å²) in [6.45, 7) is 1.88. The average Bonchev–Trinajstić information content (AvgIpc) is 2.53. The lowest BCUT2D eigenvalue weighted by atomic mass is 10.1. The van der Waals surface area contributed by atoms with E-state index in [2.05, 4.69) is 9.97 Å². The van der Waals surface area contributed by atoms with E-state index in [1.54, 1.807) is 18.2 Å². The molecule has 2 rings (SSSR count). The van der Waals surface area contributed by atoms with Crippen molar-refractivity contribution < 1.29 is 23.7 Å². The molecule has 0 spiro atoms. The summed E-state index contributed by atoms with van der Waals surface area (Å²) in [7, 11) is 4.24. The van der Waals surface area contributed by atoms with Crippen LogP contribution >= 0.6 is 0 Å². The molecule has 7 nitrogen and oxygen atoms in total. The van der Waals surface area contributed by atoms with Crippen LogP contribution in [-0.4, -0.2) is 37.3 Å². The first-order valence-corrected chi connectivity index (χ1v) is 6.41. The summed E-state index contributed by atoms with van der Waals surface area (Å²) in [5.74, 6) is 0.357. The molecule has 0 bridgehead atoms. The van der Waals surface area contributed by atoms with Crippen LogP contribution in [0.5, 0.6) is 23.5 Å². The number of hydrogen-bond donors (Lipinski definition) is 0. The van der Waals surface area contributed by atoms with Gasteiger partial charge in [0.2, 0.25) is 11.8 Å². The fourth-order valence-corrected chi connectivity index (χ4v) is 1.73. The Morgan fingerprint density at radius 1 is 1.00 bits per heavy atom. The Balaban J connectivity index is 2.42. The third kappa shape index (κ3) is 3.43. The van der Waals surface area contributed by atoms with Crippen LogP contribution in [0.1, 0.15) is 15.9 Å². The summed E-state index contributed by atoms with van der Waals surface area (Å²) < 4.78 is 20.5. The van der Waals surface area contributed by atoms with Gasteiger partial charge in [0, 0.05) is 0 Å². The zero-order chi connectivity index (χ0) is 16.1. The van der Waals surface area contributed by atoms with Gasteiger partial charge in [-0.05, 0) is 24.6 Å². The van der Waals surface area contributed by atoms with Gasteiger partial charge in [0.05, 0.1) is 27.4 Å². The topological polar surface area (TPSA) is 79.8 Å². The molecule has 2 aromatic rings. The standard InChI is InChI=1S/C15H16N2O5/c1-9-5-6-10(14(18)21-4)11(7-9)22-15-16-12(19-2)8-13(17-15)20-3/h5-8H,1-4H3. The fraction of sp³-hybridized carbons (Fsp3) is 0.267. The Morgan fingerprint density at radius 3 is 2.18 bits per heavy atom. The highest BCUT2D eigenvalue weighted by Gasteiger charge is 2.16. The highest BCUT2D eigenvalue weighted by Crippen LogP contribution is 2.27. The molecule has 7 heteroatoms. The van der Waals surface area contributed by atoms with Crippen LogP contribution in [0.3, 0.4) is 0 Å². The Hall–Kier alpha value is -2.83. The number of hydrogen-bond acceptors (Lipinski definition) is 7. The monoisotopic (exact) mass is 304 g/mol. The van der Waals surface area contributed by atoms with Crippen molar-refractivity contribution in [1.82, 2.24) is 9.97 Å². The maximum atomic E-state index is 11.8. The number of aryl methyl sites for hydroxylation is 1. The second-order valence-electron chi connectivity index (χ2n) is 4.33. The van der Waals surface area contributed by atoms with Crippen LogP contribution in [0.25, 0.3) is 0 Å². The number of rotatable bonds is 5. The number of methoxy groups -OCH3 is 3. The molecule has 0 aliphatic rings. The van der Waals surface area contributed by atoms with Crippen LogP contribution in [0.4, 0.5) is 0 Å². The summed E-state index contributed by atoms with van der Waals surface area (Å²) in [5.41, 5.74) is 1.19. The SMILES string of the molecule is COC(=O)c1ccc(C)cc1Oc1nc(OC)cc(OC)n1. The fourth-order valence-electron chi connectivity index (χ4n) is 1.73. The van der Waals surface area contributed by atoms with E-state index in [0.29, 0.717) is 5.75 Å². The molecule has 0 saturated heterocycles. The van der Waals surface area contributed by atoms with Crippen molar-refractivity contribution in [3.05, 3.63) is 35.4 Å². The van der Waals surface area contributed by atoms with Crippen LogP contribution in [0, 0.1) is 6.92 Å². The summed E-state index contributed by atoms with van der Waals surface area (Å²) in [6, 6.07) is 6.62. The molecule has 0 amide bonds. The van der Waals surface area contributed by atoms with E-state index >= 15 is 0 Å². The number of esters is 1. The predicted octanol–water partition coefficient (Wildman–Crippen LogP) is 2.38. The lowest BCUT2D eigenvalue weighted by Gasteiger charge is -2.11. The smallest absolute Gasteiger partial charge is 0.341 e. The Bertz CT molecular complexity index is 665. The largest absolute Gasteiger partial charge is 0.481 e. The third-order valence-corrected chi connectivity index (χ3v) is 2.82. The number of aromatic nitrogens is 2. The van der Waals surface area contributed by atoms with Crippen molar-refractivity contribution in [3.8, 4) is 23.5 Å². The quantitative estimate of drug-likeness (QED) is 0.784. The summed E-state index contributed by atoms with van der Waals surface area (Å²) >= 11 is 0. The lowest BCUT2D eigenvalue weighted by molar-refractivity contribution is 0.0597. The van der Waals surface area contributed by atoms with E-state index < -0.39 is 5.97 Å². The van der Waals surface area contributed by atoms with Crippen LogP contribution in [0.2, 0.25) is 0 Å². The van der Waals surface area contributed by atoms with Gasteiger partial charge in [-0.1, -0.05) is 6.07 Å². The predicted molar refractivity (Wildman–Crippen MR) is 77.7 cm³/mol. The summed E-state index contributed by atoms with van der Waals surface area (Å²) in [4.78, 5) is 19.9. The average molecular weight is 304 g/mol. The summed E-state index contributed by atoms with van der Waals surface area (Å²) in [5, 5.41) is 0. The molecule has 0 aliphatic carbocycles. The van der Waals surface area contributed by atoms with Gasteiger partial charge in [-0.2, -0.15) is 9.97 Å². The molecular formula is C15H16N2O5. The van der Waals surface area contributed by atoms with Crippen molar-refractivity contribution in [3.63, 3.8) is 0 Å². The number of nitrogens with zero attached hydrogens (tertiary/aromatic N) is 2. The van der Waals surface area contributed by atoms with Gasteiger partial charge in [-0.15, -0.1) is 0 Å².